The maximum absolute atomic E-state index is 8.10. The minimum Gasteiger partial charge on any atom is -0.370 e. The highest BCUT2D eigenvalue weighted by molar-refractivity contribution is 7.49. The molecule has 0 amide bonds. The number of rotatable bonds is 7. The Morgan fingerprint density at radius 1 is 1.28 bits per heavy atom. The molecule has 2 bridgehead atoms. The van der Waals surface area contributed by atoms with E-state index in [1.54, 1.807) is 0 Å². The quantitative estimate of drug-likeness (QED) is 0.676. The van der Waals surface area contributed by atoms with E-state index in [0.29, 0.717) is 18.7 Å². The first-order valence-corrected chi connectivity index (χ1v) is 10.9. The second kappa shape index (κ2) is 7.62. The molecule has 1 aromatic carbocycles. The Morgan fingerprint density at radius 3 is 2.56 bits per heavy atom. The molecule has 0 aliphatic carbocycles. The van der Waals surface area contributed by atoms with Crippen LogP contribution in [0, 0.1) is 0 Å². The van der Waals surface area contributed by atoms with Crippen LogP contribution in [0.3, 0.4) is 0 Å². The van der Waals surface area contributed by atoms with E-state index in [-0.39, 0.29) is 25.2 Å². The van der Waals surface area contributed by atoms with Crippen LogP contribution < -0.4 is 0 Å². The summed E-state index contributed by atoms with van der Waals surface area (Å²) in [5.41, 5.74) is 0.609. The Labute approximate surface area is 155 Å². The first-order valence-electron chi connectivity index (χ1n) is 9.90. The third-order valence-corrected chi connectivity index (χ3v) is 7.13. The zero-order valence-corrected chi connectivity index (χ0v) is 16.9. The van der Waals surface area contributed by atoms with Crippen molar-refractivity contribution in [3.63, 3.8) is 0 Å². The highest BCUT2D eigenvalue weighted by Crippen LogP contribution is 2.50. The summed E-state index contributed by atoms with van der Waals surface area (Å²) in [6, 6.07) is 11.2. The Morgan fingerprint density at radius 2 is 1.96 bits per heavy atom. The highest BCUT2D eigenvalue weighted by Gasteiger charge is 2.60. The van der Waals surface area contributed by atoms with Crippen LogP contribution in [-0.2, 0) is 20.4 Å². The van der Waals surface area contributed by atoms with Gasteiger partial charge in [-0.1, -0.05) is 30.3 Å². The van der Waals surface area contributed by atoms with Gasteiger partial charge in [-0.15, -0.1) is 0 Å². The molecule has 140 valence electrons. The summed E-state index contributed by atoms with van der Waals surface area (Å²) in [4.78, 5) is 0. The Kier molecular flexibility index (Phi) is 5.45. The van der Waals surface area contributed by atoms with Crippen LogP contribution >= 0.6 is 8.30 Å². The van der Waals surface area contributed by atoms with Gasteiger partial charge in [0.05, 0.1) is 12.7 Å². The lowest BCUT2D eigenvalue weighted by molar-refractivity contribution is -0.135. The van der Waals surface area contributed by atoms with Crippen molar-refractivity contribution in [3.8, 4) is 0 Å². The van der Waals surface area contributed by atoms with E-state index in [0.717, 1.165) is 6.42 Å². The van der Waals surface area contributed by atoms with Crippen LogP contribution in [0.15, 0.2) is 30.3 Å². The lowest BCUT2D eigenvalue weighted by Crippen LogP contribution is -2.40. The van der Waals surface area contributed by atoms with Crippen LogP contribution in [0.1, 0.15) is 41.5 Å². The molecule has 2 aliphatic rings. The maximum atomic E-state index is 8.10. The largest absolute Gasteiger partial charge is 0.370 e. The van der Waals surface area contributed by atoms with Gasteiger partial charge in [-0.25, -0.2) is 0 Å². The molecule has 5 atom stereocenters. The third kappa shape index (κ3) is 3.94. The van der Waals surface area contributed by atoms with Gasteiger partial charge < -0.3 is 14.0 Å². The fraction of sp³-hybridized carbons (Fsp3) is 0.700. The number of hydrogen-bond acceptors (Lipinski definition) is 4. The van der Waals surface area contributed by atoms with Gasteiger partial charge >= 0.3 is 0 Å². The van der Waals surface area contributed by atoms with Crippen LogP contribution in [0.4, 0.5) is 0 Å². The van der Waals surface area contributed by atoms with Gasteiger partial charge in [0.1, 0.15) is 26.1 Å². The van der Waals surface area contributed by atoms with Gasteiger partial charge in [-0.05, 0) is 46.8 Å². The van der Waals surface area contributed by atoms with Crippen molar-refractivity contribution in [3.05, 3.63) is 35.9 Å². The lowest BCUT2D eigenvalue weighted by Gasteiger charge is -2.37. The van der Waals surface area contributed by atoms with Crippen molar-refractivity contribution in [1.29, 1.82) is 0 Å². The average Bonchev–Trinajstić information content (AvgIpc) is 3.07. The number of nitrogens with zero attached hydrogens (tertiary/aromatic N) is 1. The molecule has 2 aliphatic heterocycles. The minimum atomic E-state index is -0.773. The zero-order valence-electron chi connectivity index (χ0n) is 17.0. The SMILES string of the molecule is [2H]C[C@@]12CO[C@@H](C1OP(C)N(C(C)C)C(C)C)[C@H](Cc1ccccc1)O2. The molecule has 25 heavy (non-hydrogen) atoms. The van der Waals surface area contributed by atoms with Gasteiger partial charge in [0, 0.05) is 19.9 Å². The molecule has 5 heteroatoms. The molecule has 2 saturated heterocycles. The van der Waals surface area contributed by atoms with E-state index in [1.165, 1.54) is 5.56 Å². The van der Waals surface area contributed by atoms with Crippen molar-refractivity contribution in [2.24, 2.45) is 0 Å². The lowest BCUT2D eigenvalue weighted by atomic mass is 9.99. The molecule has 4 nitrogen and oxygen atoms in total. The van der Waals surface area contributed by atoms with E-state index >= 15 is 0 Å². The number of fused-ring (bicyclic) bond motifs is 2. The molecule has 0 N–H and O–H groups in total. The van der Waals surface area contributed by atoms with Crippen molar-refractivity contribution in [2.45, 2.75) is 77.0 Å². The Balaban J connectivity index is 1.74. The molecule has 2 unspecified atom stereocenters. The predicted octanol–water partition coefficient (Wildman–Crippen LogP) is 4.23. The molecule has 0 radical (unpaired) electrons. The number of hydrogen-bond donors (Lipinski definition) is 0. The van der Waals surface area contributed by atoms with Gasteiger partial charge in [-0.2, -0.15) is 0 Å². The van der Waals surface area contributed by atoms with E-state index in [9.17, 15) is 0 Å². The van der Waals surface area contributed by atoms with Gasteiger partial charge in [-0.3, -0.25) is 4.67 Å². The number of benzene rings is 1. The summed E-state index contributed by atoms with van der Waals surface area (Å²) in [5.74, 6) is 0. The molecule has 2 heterocycles. The molecule has 0 spiro atoms. The molecule has 0 aromatic heterocycles. The summed E-state index contributed by atoms with van der Waals surface area (Å²) in [5, 5.41) is 0. The molecule has 0 saturated carbocycles. The van der Waals surface area contributed by atoms with Crippen LogP contribution in [0.25, 0.3) is 0 Å². The summed E-state index contributed by atoms with van der Waals surface area (Å²) in [7, 11) is -0.773. The smallest absolute Gasteiger partial charge is 0.123 e. The minimum absolute atomic E-state index is 0.0450. The molecule has 2 fully saturated rings. The monoisotopic (exact) mass is 366 g/mol. The average molecular weight is 366 g/mol. The molecule has 1 aromatic rings. The fourth-order valence-electron chi connectivity index (χ4n) is 4.10. The van der Waals surface area contributed by atoms with Crippen molar-refractivity contribution >= 4 is 8.30 Å². The van der Waals surface area contributed by atoms with Crippen molar-refractivity contribution in [1.82, 2.24) is 4.67 Å². The predicted molar refractivity (Wildman–Crippen MR) is 103 cm³/mol. The van der Waals surface area contributed by atoms with E-state index in [4.69, 9.17) is 15.4 Å². The van der Waals surface area contributed by atoms with Crippen LogP contribution in [0.5, 0.6) is 0 Å². The second-order valence-corrected chi connectivity index (χ2v) is 9.35. The first kappa shape index (κ1) is 17.9. The van der Waals surface area contributed by atoms with Crippen molar-refractivity contribution < 1.29 is 15.4 Å². The zero-order chi connectivity index (χ0) is 18.9. The maximum Gasteiger partial charge on any atom is 0.123 e. The third-order valence-electron chi connectivity index (χ3n) is 5.02. The van der Waals surface area contributed by atoms with E-state index < -0.39 is 13.9 Å². The van der Waals surface area contributed by atoms with Crippen LogP contribution in [-0.4, -0.2) is 53.9 Å². The summed E-state index contributed by atoms with van der Waals surface area (Å²) >= 11 is 0. The molecular formula is C20H32NO3P. The summed E-state index contributed by atoms with van der Waals surface area (Å²) in [6.07, 6.45) is 0.500. The van der Waals surface area contributed by atoms with E-state index in [1.807, 2.05) is 18.2 Å². The topological polar surface area (TPSA) is 30.9 Å². The van der Waals surface area contributed by atoms with Gasteiger partial charge in [0.2, 0.25) is 0 Å². The Hall–Kier alpha value is -0.510. The first-order chi connectivity index (χ1) is 12.4. The van der Waals surface area contributed by atoms with Gasteiger partial charge in [0.15, 0.2) is 0 Å². The highest BCUT2D eigenvalue weighted by atomic mass is 31.2. The van der Waals surface area contributed by atoms with Gasteiger partial charge in [0.25, 0.3) is 0 Å². The summed E-state index contributed by atoms with van der Waals surface area (Å²) < 4.78 is 29.5. The standard InChI is InChI=1S/C20H32NO3P/c1-14(2)21(15(3)4)25(6)24-19-18-17(23-20(19,5)13-22-18)12-16-10-8-7-9-11-16/h7-11,14-15,17-19H,12-13H2,1-6H3/t17-,18+,19?,20+,25?/m0/s1/i5D. The Bertz CT molecular complexity index is 580. The van der Waals surface area contributed by atoms with E-state index in [2.05, 4.69) is 51.2 Å². The summed E-state index contributed by atoms with van der Waals surface area (Å²) in [6.45, 7) is 11.6. The number of ether oxygens (including phenoxy) is 2. The normalized spacial score (nSPS) is 33.4. The second-order valence-electron chi connectivity index (χ2n) is 7.74. The molecule has 3 rings (SSSR count). The molecular weight excluding hydrogens is 333 g/mol. The fourth-order valence-corrected chi connectivity index (χ4v) is 6.15. The van der Waals surface area contributed by atoms with Crippen molar-refractivity contribution in [2.75, 3.05) is 13.3 Å². The van der Waals surface area contributed by atoms with Crippen LogP contribution in [0.2, 0.25) is 0 Å².